The molecule has 1 aromatic heterocycles. The van der Waals surface area contributed by atoms with Crippen LogP contribution in [0.1, 0.15) is 33.9 Å². The number of hydrogen-bond acceptors (Lipinski definition) is 11. The fourth-order valence-corrected chi connectivity index (χ4v) is 3.97. The lowest BCUT2D eigenvalue weighted by Crippen LogP contribution is -2.51. The number of aromatic amines is 1. The minimum atomic E-state index is -1.88. The molecule has 1 aliphatic rings. The lowest BCUT2D eigenvalue weighted by molar-refractivity contribution is -0.151. The molecule has 1 aromatic carbocycles. The van der Waals surface area contributed by atoms with Gasteiger partial charge in [-0.1, -0.05) is 18.2 Å². The molecule has 1 aliphatic heterocycles. The molecule has 204 valence electrons. The van der Waals surface area contributed by atoms with Crippen LogP contribution in [0.3, 0.4) is 0 Å². The molecule has 7 atom stereocenters. The van der Waals surface area contributed by atoms with Gasteiger partial charge in [-0.15, -0.1) is 12.6 Å². The molecule has 2 aromatic rings. The Labute approximate surface area is 218 Å². The van der Waals surface area contributed by atoms with Gasteiger partial charge in [-0.05, 0) is 39.8 Å². The maximum Gasteiger partial charge on any atom is 0.330 e. The molecule has 3 rings (SSSR count). The molecular weight excluding hydrogens is 506 g/mol. The summed E-state index contributed by atoms with van der Waals surface area (Å²) in [6.45, 7) is 6.15. The van der Waals surface area contributed by atoms with E-state index in [1.165, 1.54) is 13.1 Å². The number of esters is 1. The molecule has 4 N–H and O–H groups in total. The third-order valence-corrected chi connectivity index (χ3v) is 6.09. The second-order valence-electron chi connectivity index (χ2n) is 9.16. The molecular formula is C24H33N3O9S. The Kier molecular flexibility index (Phi) is 9.56. The zero-order chi connectivity index (χ0) is 27.3. The van der Waals surface area contributed by atoms with Crippen LogP contribution in [-0.4, -0.2) is 74.0 Å². The third kappa shape index (κ3) is 7.21. The van der Waals surface area contributed by atoms with Crippen LogP contribution in [0.5, 0.6) is 5.75 Å². The second kappa shape index (κ2) is 12.2. The summed E-state index contributed by atoms with van der Waals surface area (Å²) in [5.41, 5.74) is -4.26. The van der Waals surface area contributed by atoms with E-state index in [0.717, 1.165) is 10.6 Å². The third-order valence-electron chi connectivity index (χ3n) is 5.67. The van der Waals surface area contributed by atoms with Crippen LogP contribution in [0.25, 0.3) is 0 Å². The fourth-order valence-electron chi connectivity index (χ4n) is 3.74. The Morgan fingerprint density at radius 3 is 2.54 bits per heavy atom. The molecule has 0 aliphatic carbocycles. The lowest BCUT2D eigenvalue weighted by Gasteiger charge is -2.29. The van der Waals surface area contributed by atoms with Gasteiger partial charge in [0, 0.05) is 12.3 Å². The first-order valence-corrected chi connectivity index (χ1v) is 12.3. The predicted octanol–water partition coefficient (Wildman–Crippen LogP) is 0.153. The van der Waals surface area contributed by atoms with Crippen molar-refractivity contribution in [1.29, 1.82) is 0 Å². The SMILES string of the molecule is CC(C)OC(=O)[C@H](C)NC(Oc1ccccc1)C(S)OC[C@H]1O[C@@H](n2ccc(=O)[nH]c2=O)[C@](C)(O)[C@@H]1O. The minimum Gasteiger partial charge on any atom is -0.472 e. The summed E-state index contributed by atoms with van der Waals surface area (Å²) in [7, 11) is 0. The van der Waals surface area contributed by atoms with E-state index in [1.54, 1.807) is 45.0 Å². The topological polar surface area (TPSA) is 161 Å². The molecule has 1 saturated heterocycles. The number of aliphatic hydroxyl groups is 2. The molecule has 2 unspecified atom stereocenters. The number of carbonyl (C=O) groups excluding carboxylic acids is 1. The van der Waals surface area contributed by atoms with E-state index in [-0.39, 0.29) is 12.7 Å². The number of hydrogen-bond donors (Lipinski definition) is 5. The number of aromatic nitrogens is 2. The first kappa shape index (κ1) is 28.9. The number of para-hydroxylation sites is 1. The van der Waals surface area contributed by atoms with E-state index in [4.69, 9.17) is 18.9 Å². The van der Waals surface area contributed by atoms with Crippen molar-refractivity contribution in [1.82, 2.24) is 14.9 Å². The highest BCUT2D eigenvalue weighted by atomic mass is 32.1. The molecule has 0 radical (unpaired) electrons. The van der Waals surface area contributed by atoms with Crippen molar-refractivity contribution in [2.45, 2.75) is 75.5 Å². The summed E-state index contributed by atoms with van der Waals surface area (Å²) >= 11 is 4.48. The Morgan fingerprint density at radius 1 is 1.24 bits per heavy atom. The van der Waals surface area contributed by atoms with Crippen molar-refractivity contribution in [3.05, 3.63) is 63.4 Å². The number of rotatable bonds is 11. The first-order valence-electron chi connectivity index (χ1n) is 11.8. The van der Waals surface area contributed by atoms with Crippen molar-refractivity contribution in [2.24, 2.45) is 0 Å². The molecule has 0 saturated carbocycles. The van der Waals surface area contributed by atoms with Gasteiger partial charge in [-0.25, -0.2) is 4.79 Å². The number of nitrogens with zero attached hydrogens (tertiary/aromatic N) is 1. The van der Waals surface area contributed by atoms with E-state index in [9.17, 15) is 24.6 Å². The van der Waals surface area contributed by atoms with Gasteiger partial charge in [-0.3, -0.25) is 24.5 Å². The van der Waals surface area contributed by atoms with Crippen molar-refractivity contribution in [3.8, 4) is 5.75 Å². The first-order chi connectivity index (χ1) is 17.4. The lowest BCUT2D eigenvalue weighted by atomic mass is 9.96. The van der Waals surface area contributed by atoms with Crippen molar-refractivity contribution in [2.75, 3.05) is 6.61 Å². The van der Waals surface area contributed by atoms with E-state index >= 15 is 0 Å². The molecule has 1 fully saturated rings. The Bertz CT molecular complexity index is 1150. The summed E-state index contributed by atoms with van der Waals surface area (Å²) in [6.07, 6.45) is -3.86. The zero-order valence-corrected chi connectivity index (χ0v) is 21.8. The Balaban J connectivity index is 1.71. The molecule has 0 amide bonds. The van der Waals surface area contributed by atoms with Gasteiger partial charge >= 0.3 is 11.7 Å². The van der Waals surface area contributed by atoms with Crippen LogP contribution in [-0.2, 0) is 19.0 Å². The van der Waals surface area contributed by atoms with Crippen molar-refractivity contribution < 1.29 is 34.0 Å². The van der Waals surface area contributed by atoms with Gasteiger partial charge in [0.2, 0.25) is 0 Å². The molecule has 0 bridgehead atoms. The van der Waals surface area contributed by atoms with Crippen LogP contribution in [0.2, 0.25) is 0 Å². The molecule has 0 spiro atoms. The number of thiol groups is 1. The van der Waals surface area contributed by atoms with Crippen LogP contribution in [0.15, 0.2) is 52.2 Å². The summed E-state index contributed by atoms with van der Waals surface area (Å²) in [5.74, 6) is 0.00153. The number of nitrogens with one attached hydrogen (secondary N) is 2. The van der Waals surface area contributed by atoms with Gasteiger partial charge in [0.1, 0.15) is 29.6 Å². The minimum absolute atomic E-state index is 0.249. The normalized spacial score (nSPS) is 26.0. The van der Waals surface area contributed by atoms with E-state index in [2.05, 4.69) is 22.9 Å². The average Bonchev–Trinajstić information content (AvgIpc) is 3.05. The number of benzene rings is 1. The van der Waals surface area contributed by atoms with E-state index < -0.39 is 59.0 Å². The highest BCUT2D eigenvalue weighted by Gasteiger charge is 2.53. The predicted molar refractivity (Wildman–Crippen MR) is 135 cm³/mol. The Morgan fingerprint density at radius 2 is 1.92 bits per heavy atom. The van der Waals surface area contributed by atoms with Crippen LogP contribution in [0, 0.1) is 0 Å². The van der Waals surface area contributed by atoms with Crippen LogP contribution < -0.4 is 21.3 Å². The standard InChI is InChI=1S/C24H33N3O9S/c1-13(2)34-20(30)14(3)25-19(35-15-8-6-5-7-9-15)21(37)33-12-16-18(29)24(4,32)22(36-16)27-11-10-17(28)26-23(27)31/h5-11,13-14,16,18-19,21-22,25,29,32,37H,12H2,1-4H3,(H,26,28,31)/t14-,16+,18+,19?,21?,22+,24+/m0/s1. The smallest absolute Gasteiger partial charge is 0.330 e. The number of H-pyrrole nitrogens is 1. The van der Waals surface area contributed by atoms with Gasteiger partial charge in [0.25, 0.3) is 5.56 Å². The monoisotopic (exact) mass is 539 g/mol. The van der Waals surface area contributed by atoms with Crippen LogP contribution >= 0.6 is 12.6 Å². The summed E-state index contributed by atoms with van der Waals surface area (Å²) in [6, 6.07) is 9.16. The summed E-state index contributed by atoms with van der Waals surface area (Å²) < 4.78 is 23.7. The fraction of sp³-hybridized carbons (Fsp3) is 0.542. The van der Waals surface area contributed by atoms with Gasteiger partial charge in [0.05, 0.1) is 12.7 Å². The maximum atomic E-state index is 12.3. The maximum absolute atomic E-state index is 12.3. The quantitative estimate of drug-likeness (QED) is 0.151. The van der Waals surface area contributed by atoms with Gasteiger partial charge in [0.15, 0.2) is 17.9 Å². The highest BCUT2D eigenvalue weighted by molar-refractivity contribution is 7.80. The number of aliphatic hydroxyl groups excluding tert-OH is 1. The van der Waals surface area contributed by atoms with Crippen LogP contribution in [0.4, 0.5) is 0 Å². The van der Waals surface area contributed by atoms with Gasteiger partial charge in [-0.2, -0.15) is 0 Å². The highest BCUT2D eigenvalue weighted by Crippen LogP contribution is 2.37. The summed E-state index contributed by atoms with van der Waals surface area (Å²) in [4.78, 5) is 38.0. The van der Waals surface area contributed by atoms with Gasteiger partial charge < -0.3 is 29.2 Å². The largest absolute Gasteiger partial charge is 0.472 e. The molecule has 2 heterocycles. The number of ether oxygens (including phenoxy) is 4. The van der Waals surface area contributed by atoms with E-state index in [1.807, 2.05) is 6.07 Å². The second-order valence-corrected chi connectivity index (χ2v) is 9.67. The molecule has 12 nitrogen and oxygen atoms in total. The summed E-state index contributed by atoms with van der Waals surface area (Å²) in [5, 5.41) is 24.6. The number of carbonyl (C=O) groups is 1. The molecule has 37 heavy (non-hydrogen) atoms. The molecule has 13 heteroatoms. The van der Waals surface area contributed by atoms with E-state index in [0.29, 0.717) is 5.75 Å². The van der Waals surface area contributed by atoms with Crippen molar-refractivity contribution in [3.63, 3.8) is 0 Å². The van der Waals surface area contributed by atoms with Crippen molar-refractivity contribution >= 4 is 18.6 Å². The zero-order valence-electron chi connectivity index (χ0n) is 20.9. The average molecular weight is 540 g/mol. The Hall–Kier alpha value is -2.68.